The number of hydrogen-bond acceptors (Lipinski definition) is 1. The van der Waals surface area contributed by atoms with Crippen LogP contribution in [0.5, 0.6) is 0 Å². The van der Waals surface area contributed by atoms with Gasteiger partial charge in [0.1, 0.15) is 0 Å². The van der Waals surface area contributed by atoms with Crippen molar-refractivity contribution >= 4 is 27.2 Å². The number of rotatable bonds is 4. The Labute approximate surface area is 90.2 Å². The molecule has 1 radical (unpaired) electrons. The van der Waals surface area contributed by atoms with Gasteiger partial charge in [0.2, 0.25) is 0 Å². The molecule has 1 nitrogen and oxygen atoms in total. The van der Waals surface area contributed by atoms with Crippen LogP contribution in [0.4, 0.5) is 0 Å². The van der Waals surface area contributed by atoms with Gasteiger partial charge in [-0.1, -0.05) is 26.2 Å². The fourth-order valence-corrected chi connectivity index (χ4v) is 0.558. The molecule has 0 aliphatic heterocycles. The van der Waals surface area contributed by atoms with Crippen molar-refractivity contribution in [1.82, 2.24) is 0 Å². The van der Waals surface area contributed by atoms with Crippen molar-refractivity contribution in [3.05, 3.63) is 6.92 Å². The van der Waals surface area contributed by atoms with Gasteiger partial charge in [0.05, 0.1) is 6.07 Å². The number of nitrogens with zero attached hydrogens (tertiary/aromatic N) is 1. The summed E-state index contributed by atoms with van der Waals surface area (Å²) in [5.74, 6) is 0. The van der Waals surface area contributed by atoms with E-state index in [4.69, 9.17) is 5.26 Å². The third-order valence-corrected chi connectivity index (χ3v) is 1.04. The summed E-state index contributed by atoms with van der Waals surface area (Å²) in [6.45, 7) is 3.70. The van der Waals surface area contributed by atoms with Crippen LogP contribution in [0.15, 0.2) is 0 Å². The first-order valence-corrected chi connectivity index (χ1v) is 17.5. The van der Waals surface area contributed by atoms with Crippen LogP contribution in [0.3, 0.4) is 0 Å². The molecule has 0 aromatic rings. The minimum absolute atomic E-state index is 0.250. The molecule has 0 bridgehead atoms. The third kappa shape index (κ3) is 24.7. The topological polar surface area (TPSA) is 23.8 Å². The van der Waals surface area contributed by atoms with Gasteiger partial charge in [-0.25, -0.2) is 0 Å². The van der Waals surface area contributed by atoms with E-state index in [0.717, 1.165) is 19.3 Å². The monoisotopic (exact) mass is 332 g/mol. The second-order valence-corrected chi connectivity index (χ2v) is 16.0. The Morgan fingerprint density at radius 3 is 2.18 bits per heavy atom. The number of unbranched alkanes of at least 4 members (excludes halogenated alkanes) is 4. The van der Waals surface area contributed by atoms with E-state index in [-0.39, 0.29) is 13.2 Å². The van der Waals surface area contributed by atoms with Crippen molar-refractivity contribution in [2.45, 2.75) is 32.1 Å². The average molecular weight is 335 g/mol. The molecular formula is C7H12Br2NZn. The zero-order valence-corrected chi connectivity index (χ0v) is 12.8. The predicted molar refractivity (Wildman–Crippen MR) is 51.9 cm³/mol. The van der Waals surface area contributed by atoms with E-state index < -0.39 is 0 Å². The van der Waals surface area contributed by atoms with E-state index >= 15 is 0 Å². The van der Waals surface area contributed by atoms with Crippen molar-refractivity contribution < 1.29 is 13.2 Å². The zero-order valence-electron chi connectivity index (χ0n) is 6.65. The second-order valence-electron chi connectivity index (χ2n) is 1.92. The first-order valence-electron chi connectivity index (χ1n) is 3.61. The largest absolute Gasteiger partial charge is 0.198 e. The molecule has 0 aromatic heterocycles. The van der Waals surface area contributed by atoms with Gasteiger partial charge in [0, 0.05) is 6.42 Å². The Hall–Kier alpha value is 1.07. The molecule has 0 aliphatic rings. The van der Waals surface area contributed by atoms with E-state index in [1.807, 2.05) is 0 Å². The van der Waals surface area contributed by atoms with Crippen LogP contribution in [-0.4, -0.2) is 0 Å². The summed E-state index contributed by atoms with van der Waals surface area (Å²) in [6, 6.07) is 2.11. The predicted octanol–water partition coefficient (Wildman–Crippen LogP) is 3.98. The summed E-state index contributed by atoms with van der Waals surface area (Å²) < 4.78 is 0. The molecule has 0 spiro atoms. The molecule has 4 heteroatoms. The van der Waals surface area contributed by atoms with Gasteiger partial charge in [-0.3, -0.25) is 0 Å². The SMILES string of the molecule is [Br][Zn][Br].[CH2]CCCCCC#N. The van der Waals surface area contributed by atoms with Crippen molar-refractivity contribution in [2.24, 2.45) is 0 Å². The van der Waals surface area contributed by atoms with Crippen LogP contribution in [0.25, 0.3) is 0 Å². The molecule has 0 saturated heterocycles. The second kappa shape index (κ2) is 17.2. The summed E-state index contributed by atoms with van der Waals surface area (Å²) >= 11 is 6.25. The molecule has 0 N–H and O–H groups in total. The Morgan fingerprint density at radius 1 is 1.27 bits per heavy atom. The van der Waals surface area contributed by atoms with Crippen LogP contribution >= 0.6 is 27.2 Å². The molecule has 11 heavy (non-hydrogen) atoms. The number of halogens is 2. The molecule has 0 saturated carbocycles. The van der Waals surface area contributed by atoms with Gasteiger partial charge in [-0.2, -0.15) is 5.26 Å². The van der Waals surface area contributed by atoms with E-state index in [1.54, 1.807) is 0 Å². The molecule has 0 aliphatic carbocycles. The quantitative estimate of drug-likeness (QED) is 0.563. The minimum Gasteiger partial charge on any atom is -0.198 e. The molecule has 0 amide bonds. The normalized spacial score (nSPS) is 7.09. The molecule has 0 unspecified atom stereocenters. The summed E-state index contributed by atoms with van der Waals surface area (Å²) in [5.41, 5.74) is 0. The van der Waals surface area contributed by atoms with Gasteiger partial charge in [-0.15, -0.1) is 0 Å². The summed E-state index contributed by atoms with van der Waals surface area (Å²) in [5, 5.41) is 8.10. The first-order chi connectivity index (χ1) is 5.33. The molecule has 61 valence electrons. The van der Waals surface area contributed by atoms with Crippen LogP contribution in [0.1, 0.15) is 32.1 Å². The zero-order chi connectivity index (χ0) is 8.95. The minimum atomic E-state index is -0.250. The van der Waals surface area contributed by atoms with Gasteiger partial charge in [0.25, 0.3) is 0 Å². The maximum Gasteiger partial charge on any atom is 0.0621 e. The third-order valence-electron chi connectivity index (χ3n) is 1.04. The van der Waals surface area contributed by atoms with Crippen LogP contribution in [0, 0.1) is 18.3 Å². The fraction of sp³-hybridized carbons (Fsp3) is 0.714. The summed E-state index contributed by atoms with van der Waals surface area (Å²) in [4.78, 5) is 0. The van der Waals surface area contributed by atoms with Crippen molar-refractivity contribution in [2.75, 3.05) is 0 Å². The molecule has 0 fully saturated rings. The number of nitriles is 1. The van der Waals surface area contributed by atoms with Crippen LogP contribution in [-0.2, 0) is 13.2 Å². The van der Waals surface area contributed by atoms with E-state index in [0.29, 0.717) is 6.42 Å². The smallest absolute Gasteiger partial charge is 0.0621 e. The van der Waals surface area contributed by atoms with Crippen LogP contribution in [0.2, 0.25) is 0 Å². The Bertz CT molecular complexity index is 92.9. The van der Waals surface area contributed by atoms with E-state index in [1.165, 1.54) is 6.42 Å². The average Bonchev–Trinajstić information content (AvgIpc) is 2.00. The van der Waals surface area contributed by atoms with Crippen molar-refractivity contribution in [3.63, 3.8) is 0 Å². The van der Waals surface area contributed by atoms with Gasteiger partial charge in [-0.05, 0) is 6.42 Å². The molecule has 0 rings (SSSR count). The van der Waals surface area contributed by atoms with Gasteiger partial charge >= 0.3 is 40.5 Å². The maximum absolute atomic E-state index is 8.10. The number of hydrogen-bond donors (Lipinski definition) is 0. The Morgan fingerprint density at radius 2 is 1.82 bits per heavy atom. The summed E-state index contributed by atoms with van der Waals surface area (Å²) in [7, 11) is 0. The maximum atomic E-state index is 8.10. The molecule has 0 aromatic carbocycles. The summed E-state index contributed by atoms with van der Waals surface area (Å²) in [6.07, 6.45) is 5.09. The van der Waals surface area contributed by atoms with Crippen LogP contribution < -0.4 is 0 Å². The first kappa shape index (κ1) is 14.6. The van der Waals surface area contributed by atoms with Gasteiger partial charge in [0.15, 0.2) is 0 Å². The Balaban J connectivity index is 0. The van der Waals surface area contributed by atoms with Crippen molar-refractivity contribution in [1.29, 1.82) is 5.26 Å². The standard InChI is InChI=1S/C7H12N.2BrH.Zn/c1-2-3-4-5-6-7-8;;;/h1-6H2;2*1H;/q;;;+2/p-2. The van der Waals surface area contributed by atoms with Gasteiger partial charge < -0.3 is 0 Å². The van der Waals surface area contributed by atoms with Crippen molar-refractivity contribution in [3.8, 4) is 6.07 Å². The molecular weight excluding hydrogens is 323 g/mol. The van der Waals surface area contributed by atoms with E-state index in [2.05, 4.69) is 40.2 Å². The molecule has 0 atom stereocenters. The van der Waals surface area contributed by atoms with E-state index in [9.17, 15) is 0 Å². The molecule has 0 heterocycles. The Kier molecular flexibility index (Phi) is 22.9. The fourth-order valence-electron chi connectivity index (χ4n) is 0.558.